The summed E-state index contributed by atoms with van der Waals surface area (Å²) in [6.07, 6.45) is 1.27. The van der Waals surface area contributed by atoms with Crippen LogP contribution in [0.4, 0.5) is 10.1 Å². The summed E-state index contributed by atoms with van der Waals surface area (Å²) in [6.45, 7) is 1.77. The monoisotopic (exact) mass is 352 g/mol. The van der Waals surface area contributed by atoms with E-state index in [0.717, 1.165) is 5.56 Å². The van der Waals surface area contributed by atoms with Gasteiger partial charge in [-0.1, -0.05) is 0 Å². The Hall–Kier alpha value is -3.48. The number of aryl methyl sites for hydroxylation is 1. The van der Waals surface area contributed by atoms with Crippen LogP contribution < -0.4 is 10.7 Å². The summed E-state index contributed by atoms with van der Waals surface area (Å²) in [5, 5.41) is 11.8. The number of rotatable bonds is 2. The number of nitrogens with one attached hydrogen (secondary N) is 2. The topological polar surface area (TPSA) is 99.3 Å². The van der Waals surface area contributed by atoms with Crippen molar-refractivity contribution < 1.29 is 19.1 Å². The third-order valence-corrected chi connectivity index (χ3v) is 4.54. The van der Waals surface area contributed by atoms with Gasteiger partial charge in [-0.3, -0.25) is 9.59 Å². The highest BCUT2D eigenvalue weighted by Gasteiger charge is 2.22. The molecular formula is C19H13FN2O4. The number of hydrogen-bond donors (Lipinski definition) is 3. The van der Waals surface area contributed by atoms with E-state index in [1.807, 2.05) is 0 Å². The van der Waals surface area contributed by atoms with Crippen LogP contribution in [-0.4, -0.2) is 22.0 Å². The van der Waals surface area contributed by atoms with E-state index in [0.29, 0.717) is 22.2 Å². The summed E-state index contributed by atoms with van der Waals surface area (Å²) < 4.78 is 14.3. The van der Waals surface area contributed by atoms with Gasteiger partial charge in [0.1, 0.15) is 11.4 Å². The minimum atomic E-state index is -1.32. The summed E-state index contributed by atoms with van der Waals surface area (Å²) in [4.78, 5) is 38.0. The van der Waals surface area contributed by atoms with Gasteiger partial charge in [0, 0.05) is 11.6 Å². The fraction of sp³-hybridized carbons (Fsp3) is 0.105. The largest absolute Gasteiger partial charge is 0.477 e. The lowest BCUT2D eigenvalue weighted by molar-refractivity contribution is -0.115. The molecule has 1 aromatic heterocycles. The van der Waals surface area contributed by atoms with Crippen LogP contribution in [0.1, 0.15) is 21.5 Å². The van der Waals surface area contributed by atoms with Crippen LogP contribution in [0, 0.1) is 12.7 Å². The number of halogens is 1. The maximum absolute atomic E-state index is 14.3. The maximum Gasteiger partial charge on any atom is 0.341 e. The molecule has 130 valence electrons. The SMILES string of the molecule is Cc1cc(-c2cc(F)c3c(c2)CC(=O)N3)cc2c(=O)c(C(=O)O)c[nH]c12. The van der Waals surface area contributed by atoms with E-state index in [4.69, 9.17) is 5.11 Å². The van der Waals surface area contributed by atoms with E-state index in [1.54, 1.807) is 25.1 Å². The molecule has 1 aliphatic rings. The summed E-state index contributed by atoms with van der Waals surface area (Å²) >= 11 is 0. The van der Waals surface area contributed by atoms with Crippen molar-refractivity contribution in [1.29, 1.82) is 0 Å². The van der Waals surface area contributed by atoms with Crippen molar-refractivity contribution in [2.45, 2.75) is 13.3 Å². The molecule has 7 heteroatoms. The average Bonchev–Trinajstić information content (AvgIpc) is 2.96. The summed E-state index contributed by atoms with van der Waals surface area (Å²) in [6, 6.07) is 6.31. The van der Waals surface area contributed by atoms with Gasteiger partial charge in [-0.15, -0.1) is 0 Å². The second-order valence-electron chi connectivity index (χ2n) is 6.27. The predicted molar refractivity (Wildman–Crippen MR) is 94.0 cm³/mol. The Morgan fingerprint density at radius 3 is 2.62 bits per heavy atom. The summed E-state index contributed by atoms with van der Waals surface area (Å²) in [5.41, 5.74) is 2.12. The fourth-order valence-electron chi connectivity index (χ4n) is 3.30. The third kappa shape index (κ3) is 2.36. The smallest absolute Gasteiger partial charge is 0.341 e. The molecule has 2 heterocycles. The number of carbonyl (C=O) groups is 2. The van der Waals surface area contributed by atoms with Gasteiger partial charge in [0.25, 0.3) is 0 Å². The van der Waals surface area contributed by atoms with Crippen molar-refractivity contribution in [2.24, 2.45) is 0 Å². The fourth-order valence-corrected chi connectivity index (χ4v) is 3.30. The Kier molecular flexibility index (Phi) is 3.40. The number of pyridine rings is 1. The Morgan fingerprint density at radius 2 is 1.88 bits per heavy atom. The quantitative estimate of drug-likeness (QED) is 0.660. The average molecular weight is 352 g/mol. The number of anilines is 1. The number of carboxylic acid groups (broad SMARTS) is 1. The molecule has 0 aliphatic carbocycles. The van der Waals surface area contributed by atoms with Crippen molar-refractivity contribution in [2.75, 3.05) is 5.32 Å². The number of aromatic carboxylic acids is 1. The second-order valence-corrected chi connectivity index (χ2v) is 6.27. The molecule has 0 unspecified atom stereocenters. The van der Waals surface area contributed by atoms with Crippen molar-refractivity contribution in [1.82, 2.24) is 4.98 Å². The van der Waals surface area contributed by atoms with Gasteiger partial charge in [-0.05, 0) is 53.4 Å². The molecule has 0 bridgehead atoms. The van der Waals surface area contributed by atoms with Crippen molar-refractivity contribution in [3.8, 4) is 11.1 Å². The molecule has 0 saturated heterocycles. The van der Waals surface area contributed by atoms with E-state index >= 15 is 0 Å². The first-order valence-corrected chi connectivity index (χ1v) is 7.87. The van der Waals surface area contributed by atoms with Gasteiger partial charge in [0.05, 0.1) is 17.6 Å². The number of carboxylic acids is 1. The predicted octanol–water partition coefficient (Wildman–Crippen LogP) is 2.84. The van der Waals surface area contributed by atoms with Gasteiger partial charge in [-0.2, -0.15) is 0 Å². The number of fused-ring (bicyclic) bond motifs is 2. The zero-order valence-electron chi connectivity index (χ0n) is 13.6. The molecule has 0 spiro atoms. The van der Waals surface area contributed by atoms with Gasteiger partial charge in [-0.25, -0.2) is 9.18 Å². The van der Waals surface area contributed by atoms with E-state index < -0.39 is 17.2 Å². The van der Waals surface area contributed by atoms with Crippen LogP contribution in [-0.2, 0) is 11.2 Å². The number of H-pyrrole nitrogens is 1. The van der Waals surface area contributed by atoms with Crippen LogP contribution in [0.2, 0.25) is 0 Å². The molecule has 1 amide bonds. The van der Waals surface area contributed by atoms with Gasteiger partial charge >= 0.3 is 5.97 Å². The van der Waals surface area contributed by atoms with Crippen LogP contribution in [0.3, 0.4) is 0 Å². The molecule has 0 radical (unpaired) electrons. The first kappa shape index (κ1) is 16.0. The lowest BCUT2D eigenvalue weighted by Gasteiger charge is -2.10. The number of benzene rings is 2. The number of aromatic nitrogens is 1. The molecule has 4 rings (SSSR count). The lowest BCUT2D eigenvalue weighted by Crippen LogP contribution is -2.15. The molecule has 0 fully saturated rings. The zero-order chi connectivity index (χ0) is 18.6. The molecule has 1 aliphatic heterocycles. The van der Waals surface area contributed by atoms with E-state index in [2.05, 4.69) is 10.3 Å². The Bertz CT molecular complexity index is 1180. The first-order chi connectivity index (χ1) is 12.3. The molecule has 0 atom stereocenters. The normalized spacial score (nSPS) is 12.9. The highest BCUT2D eigenvalue weighted by Crippen LogP contribution is 2.33. The highest BCUT2D eigenvalue weighted by atomic mass is 19.1. The van der Waals surface area contributed by atoms with Crippen LogP contribution >= 0.6 is 0 Å². The molecule has 6 nitrogen and oxygen atoms in total. The van der Waals surface area contributed by atoms with Gasteiger partial charge in [0.15, 0.2) is 0 Å². The van der Waals surface area contributed by atoms with Crippen molar-refractivity contribution in [3.63, 3.8) is 0 Å². The Morgan fingerprint density at radius 1 is 1.15 bits per heavy atom. The second kappa shape index (κ2) is 5.52. The van der Waals surface area contributed by atoms with Crippen LogP contribution in [0.5, 0.6) is 0 Å². The van der Waals surface area contributed by atoms with E-state index in [-0.39, 0.29) is 29.0 Å². The number of hydrogen-bond acceptors (Lipinski definition) is 3. The molecule has 3 N–H and O–H groups in total. The zero-order valence-corrected chi connectivity index (χ0v) is 13.6. The molecule has 0 saturated carbocycles. The highest BCUT2D eigenvalue weighted by molar-refractivity contribution is 6.00. The minimum absolute atomic E-state index is 0.0937. The van der Waals surface area contributed by atoms with Crippen molar-refractivity contribution in [3.05, 3.63) is 63.2 Å². The Labute approximate surface area is 146 Å². The number of amides is 1. The number of carbonyl (C=O) groups excluding carboxylic acids is 1. The molecule has 2 aromatic carbocycles. The molecule has 3 aromatic rings. The van der Waals surface area contributed by atoms with E-state index in [1.165, 1.54) is 12.3 Å². The van der Waals surface area contributed by atoms with Gasteiger partial charge in [0.2, 0.25) is 11.3 Å². The minimum Gasteiger partial charge on any atom is -0.477 e. The first-order valence-electron chi connectivity index (χ1n) is 7.87. The summed E-state index contributed by atoms with van der Waals surface area (Å²) in [5.74, 6) is -2.13. The maximum atomic E-state index is 14.3. The van der Waals surface area contributed by atoms with Crippen LogP contribution in [0.25, 0.3) is 22.0 Å². The van der Waals surface area contributed by atoms with E-state index in [9.17, 15) is 18.8 Å². The van der Waals surface area contributed by atoms with Gasteiger partial charge < -0.3 is 15.4 Å². The molecular weight excluding hydrogens is 339 g/mol. The van der Waals surface area contributed by atoms with Crippen LogP contribution in [0.15, 0.2) is 35.3 Å². The molecule has 26 heavy (non-hydrogen) atoms. The van der Waals surface area contributed by atoms with Crippen molar-refractivity contribution >= 4 is 28.5 Å². The third-order valence-electron chi connectivity index (χ3n) is 4.54. The lowest BCUT2D eigenvalue weighted by atomic mass is 9.97. The standard InChI is InChI=1S/C19H13FN2O4/c1-8-2-9(4-12-16(8)21-7-13(18(12)24)19(25)26)10-3-11-6-15(23)22-17(11)14(20)5-10/h2-5,7H,6H2,1H3,(H,21,24)(H,22,23)(H,25,26). The number of aromatic amines is 1. The Balaban J connectivity index is 1.96. The summed E-state index contributed by atoms with van der Waals surface area (Å²) in [7, 11) is 0.